The van der Waals surface area contributed by atoms with Crippen molar-refractivity contribution in [3.8, 4) is 5.75 Å². The van der Waals surface area contributed by atoms with Gasteiger partial charge in [-0.05, 0) is 54.2 Å². The first-order valence-corrected chi connectivity index (χ1v) is 9.16. The standard InChI is InChI=1S/C21H16BrNO3/c22-16-11-12(8-9-18(16)24)10-13-4-3-6-15-19(21(25)26)14-5-1-2-7-17(14)23-20(13)15/h1-2,5,7-11,24H,3-4,6H2,(H,25,26)/p-1/b13-10+. The summed E-state index contributed by atoms with van der Waals surface area (Å²) in [4.78, 5) is 16.7. The highest BCUT2D eigenvalue weighted by Crippen LogP contribution is 2.36. The number of allylic oxidation sites excluding steroid dienone is 1. The van der Waals surface area contributed by atoms with Crippen molar-refractivity contribution in [2.45, 2.75) is 19.3 Å². The summed E-state index contributed by atoms with van der Waals surface area (Å²) in [6, 6.07) is 12.4. The fourth-order valence-corrected chi connectivity index (χ4v) is 3.92. The molecule has 3 aromatic rings. The Morgan fingerprint density at radius 2 is 2.00 bits per heavy atom. The number of para-hydroxylation sites is 1. The average molecular weight is 409 g/mol. The Balaban J connectivity index is 1.94. The summed E-state index contributed by atoms with van der Waals surface area (Å²) < 4.78 is 0.514. The van der Waals surface area contributed by atoms with E-state index in [1.54, 1.807) is 12.1 Å². The van der Waals surface area contributed by atoms with E-state index >= 15 is 0 Å². The molecule has 0 unspecified atom stereocenters. The highest BCUT2D eigenvalue weighted by atomic mass is 79.9. The van der Waals surface area contributed by atoms with Crippen molar-refractivity contribution in [2.24, 2.45) is 0 Å². The van der Waals surface area contributed by atoms with E-state index in [2.05, 4.69) is 15.9 Å². The summed E-state index contributed by atoms with van der Waals surface area (Å²) in [5, 5.41) is 22.1. The smallest absolute Gasteiger partial charge is 0.336 e. The van der Waals surface area contributed by atoms with Crippen LogP contribution in [0.25, 0.3) is 22.6 Å². The number of fused-ring (bicyclic) bond motifs is 2. The number of nitrogens with zero attached hydrogens (tertiary/aromatic N) is 1. The minimum Gasteiger partial charge on any atom is -0.872 e. The van der Waals surface area contributed by atoms with Crippen LogP contribution in [0.3, 0.4) is 0 Å². The van der Waals surface area contributed by atoms with Crippen LogP contribution in [0, 0.1) is 0 Å². The van der Waals surface area contributed by atoms with E-state index < -0.39 is 5.97 Å². The fraction of sp³-hybridized carbons (Fsp3) is 0.143. The molecule has 0 bridgehead atoms. The van der Waals surface area contributed by atoms with Crippen LogP contribution in [0.5, 0.6) is 5.75 Å². The fourth-order valence-electron chi connectivity index (χ4n) is 3.53. The zero-order chi connectivity index (χ0) is 18.3. The molecule has 1 N–H and O–H groups in total. The number of carboxylic acid groups (broad SMARTS) is 1. The molecule has 1 aromatic heterocycles. The van der Waals surface area contributed by atoms with E-state index in [0.717, 1.165) is 35.2 Å². The number of halogens is 1. The van der Waals surface area contributed by atoms with Gasteiger partial charge in [0, 0.05) is 9.86 Å². The summed E-state index contributed by atoms with van der Waals surface area (Å²) in [7, 11) is 0. The number of rotatable bonds is 2. The van der Waals surface area contributed by atoms with Gasteiger partial charge in [-0.1, -0.05) is 52.0 Å². The SMILES string of the molecule is O=C(O)c1c2c(nc3ccccc13)/C(=C/c1ccc([O-])c(Br)c1)CCC2. The molecule has 0 saturated carbocycles. The third-order valence-electron chi connectivity index (χ3n) is 4.68. The van der Waals surface area contributed by atoms with Gasteiger partial charge in [0.05, 0.1) is 16.8 Å². The summed E-state index contributed by atoms with van der Waals surface area (Å²) in [6.07, 6.45) is 4.40. The van der Waals surface area contributed by atoms with Gasteiger partial charge >= 0.3 is 5.97 Å². The number of carboxylic acids is 1. The van der Waals surface area contributed by atoms with E-state index in [1.807, 2.05) is 30.3 Å². The molecule has 0 fully saturated rings. The van der Waals surface area contributed by atoms with Gasteiger partial charge in [0.2, 0.25) is 0 Å². The largest absolute Gasteiger partial charge is 0.872 e. The molecule has 0 radical (unpaired) electrons. The highest BCUT2D eigenvalue weighted by Gasteiger charge is 2.24. The topological polar surface area (TPSA) is 73.2 Å². The number of hydrogen-bond acceptors (Lipinski definition) is 3. The first-order chi connectivity index (χ1) is 12.5. The zero-order valence-electron chi connectivity index (χ0n) is 13.8. The van der Waals surface area contributed by atoms with Crippen LogP contribution in [0.15, 0.2) is 46.9 Å². The molecule has 0 amide bonds. The first-order valence-electron chi connectivity index (χ1n) is 8.37. The van der Waals surface area contributed by atoms with Gasteiger partial charge in [0.25, 0.3) is 0 Å². The van der Waals surface area contributed by atoms with E-state index in [0.29, 0.717) is 27.4 Å². The maximum Gasteiger partial charge on any atom is 0.336 e. The Labute approximate surface area is 159 Å². The van der Waals surface area contributed by atoms with Gasteiger partial charge in [0.15, 0.2) is 0 Å². The van der Waals surface area contributed by atoms with Crippen LogP contribution in [-0.4, -0.2) is 16.1 Å². The molecule has 1 aliphatic rings. The van der Waals surface area contributed by atoms with Gasteiger partial charge in [-0.15, -0.1) is 0 Å². The Bertz CT molecular complexity index is 1070. The molecular formula is C21H15BrNO3-. The highest BCUT2D eigenvalue weighted by molar-refractivity contribution is 9.10. The number of pyridine rings is 1. The van der Waals surface area contributed by atoms with Crippen molar-refractivity contribution in [3.05, 3.63) is 69.3 Å². The van der Waals surface area contributed by atoms with Crippen molar-refractivity contribution in [1.29, 1.82) is 0 Å². The molecule has 1 aliphatic carbocycles. The summed E-state index contributed by atoms with van der Waals surface area (Å²) in [6.45, 7) is 0. The first kappa shape index (κ1) is 16.8. The van der Waals surface area contributed by atoms with E-state index in [1.165, 1.54) is 6.07 Å². The Hall–Kier alpha value is -2.66. The average Bonchev–Trinajstić information content (AvgIpc) is 2.63. The lowest BCUT2D eigenvalue weighted by atomic mass is 9.86. The lowest BCUT2D eigenvalue weighted by molar-refractivity contribution is -0.269. The van der Waals surface area contributed by atoms with Crippen molar-refractivity contribution >= 4 is 44.5 Å². The quantitative estimate of drug-likeness (QED) is 0.669. The molecule has 0 atom stereocenters. The number of benzene rings is 2. The predicted molar refractivity (Wildman–Crippen MR) is 103 cm³/mol. The lowest BCUT2D eigenvalue weighted by Crippen LogP contribution is -2.13. The Morgan fingerprint density at radius 1 is 1.19 bits per heavy atom. The second-order valence-corrected chi connectivity index (χ2v) is 7.20. The van der Waals surface area contributed by atoms with Crippen molar-refractivity contribution in [3.63, 3.8) is 0 Å². The second-order valence-electron chi connectivity index (χ2n) is 6.35. The Morgan fingerprint density at radius 3 is 2.77 bits per heavy atom. The number of hydrogen-bond donors (Lipinski definition) is 1. The minimum atomic E-state index is -0.917. The molecular weight excluding hydrogens is 394 g/mol. The van der Waals surface area contributed by atoms with Crippen LogP contribution in [0.4, 0.5) is 0 Å². The van der Waals surface area contributed by atoms with Crippen molar-refractivity contribution in [2.75, 3.05) is 0 Å². The molecule has 5 heteroatoms. The minimum absolute atomic E-state index is 0.0616. The van der Waals surface area contributed by atoms with Crippen LogP contribution < -0.4 is 5.11 Å². The third-order valence-corrected chi connectivity index (χ3v) is 5.30. The molecule has 0 spiro atoms. The normalized spacial score (nSPS) is 15.2. The molecule has 130 valence electrons. The zero-order valence-corrected chi connectivity index (χ0v) is 15.4. The van der Waals surface area contributed by atoms with E-state index in [4.69, 9.17) is 4.98 Å². The van der Waals surface area contributed by atoms with E-state index in [-0.39, 0.29) is 5.75 Å². The van der Waals surface area contributed by atoms with E-state index in [9.17, 15) is 15.0 Å². The number of carbonyl (C=O) groups is 1. The van der Waals surface area contributed by atoms with Crippen LogP contribution in [0.2, 0.25) is 0 Å². The predicted octanol–water partition coefficient (Wildman–Crippen LogP) is 4.65. The molecule has 0 aliphatic heterocycles. The molecule has 0 saturated heterocycles. The lowest BCUT2D eigenvalue weighted by Gasteiger charge is -2.21. The van der Waals surface area contributed by atoms with Gasteiger partial charge in [-0.2, -0.15) is 0 Å². The van der Waals surface area contributed by atoms with Crippen molar-refractivity contribution < 1.29 is 15.0 Å². The van der Waals surface area contributed by atoms with Gasteiger partial charge in [0.1, 0.15) is 0 Å². The second kappa shape index (κ2) is 6.57. The van der Waals surface area contributed by atoms with Gasteiger partial charge < -0.3 is 10.2 Å². The maximum atomic E-state index is 11.9. The van der Waals surface area contributed by atoms with Crippen LogP contribution in [0.1, 0.15) is 40.0 Å². The molecule has 2 aromatic carbocycles. The number of aromatic carboxylic acids is 1. The summed E-state index contributed by atoms with van der Waals surface area (Å²) in [5.74, 6) is -0.979. The van der Waals surface area contributed by atoms with Gasteiger partial charge in [-0.3, -0.25) is 0 Å². The molecule has 26 heavy (non-hydrogen) atoms. The maximum absolute atomic E-state index is 11.9. The summed E-state index contributed by atoms with van der Waals surface area (Å²) >= 11 is 3.27. The molecule has 4 rings (SSSR count). The van der Waals surface area contributed by atoms with Crippen LogP contribution in [-0.2, 0) is 6.42 Å². The molecule has 1 heterocycles. The number of aromatic nitrogens is 1. The molecule has 4 nitrogen and oxygen atoms in total. The third kappa shape index (κ3) is 2.88. The Kier molecular flexibility index (Phi) is 4.24. The van der Waals surface area contributed by atoms with Gasteiger partial charge in [-0.25, -0.2) is 9.78 Å². The summed E-state index contributed by atoms with van der Waals surface area (Å²) in [5.41, 5.74) is 4.50. The monoisotopic (exact) mass is 408 g/mol. The van der Waals surface area contributed by atoms with Crippen LogP contribution >= 0.6 is 15.9 Å². The van der Waals surface area contributed by atoms with Crippen molar-refractivity contribution in [1.82, 2.24) is 4.98 Å².